The lowest BCUT2D eigenvalue weighted by Crippen LogP contribution is -2.69. The van der Waals surface area contributed by atoms with Crippen molar-refractivity contribution in [2.24, 2.45) is 22.1 Å². The number of aliphatic carboxylic acids is 1. The molecule has 4 unspecified atom stereocenters. The molecule has 2 aliphatic rings. The maximum atomic E-state index is 12.9. The summed E-state index contributed by atoms with van der Waals surface area (Å²) in [4.78, 5) is 42.3. The van der Waals surface area contributed by atoms with Gasteiger partial charge < -0.3 is 21.1 Å². The lowest BCUT2D eigenvalue weighted by Gasteiger charge is -2.50. The molecule has 2 heterocycles. The molecule has 1 fully saturated rings. The summed E-state index contributed by atoms with van der Waals surface area (Å²) in [5, 5.41) is 40.4. The highest BCUT2D eigenvalue weighted by Crippen LogP contribution is 2.59. The van der Waals surface area contributed by atoms with Gasteiger partial charge in [0.25, 0.3) is 0 Å². The van der Waals surface area contributed by atoms with Crippen molar-refractivity contribution < 1.29 is 29.7 Å². The number of nitrogens with two attached hydrogens (primary N) is 1. The van der Waals surface area contributed by atoms with Crippen LogP contribution in [0.25, 0.3) is 0 Å². The molecule has 28 heavy (non-hydrogen) atoms. The zero-order chi connectivity index (χ0) is 21.1. The Labute approximate surface area is 164 Å². The Morgan fingerprint density at radius 3 is 2.75 bits per heavy atom. The molecule has 0 aromatic heterocycles. The molecule has 152 valence electrons. The number of aliphatic hydroxyl groups is 2. The number of carboxylic acid groups (broad SMARTS) is 1. The number of thioether (sulfide) groups is 1. The van der Waals surface area contributed by atoms with E-state index in [9.17, 15) is 29.7 Å². The summed E-state index contributed by atoms with van der Waals surface area (Å²) in [6.45, 7) is 1.10. The van der Waals surface area contributed by atoms with Gasteiger partial charge in [-0.15, -0.1) is 11.8 Å². The number of carbonyl (C=O) groups excluding carboxylic acids is 2. The van der Waals surface area contributed by atoms with Crippen molar-refractivity contribution in [1.82, 2.24) is 10.2 Å². The van der Waals surface area contributed by atoms with Crippen molar-refractivity contribution in [3.8, 4) is 6.19 Å². The van der Waals surface area contributed by atoms with Crippen molar-refractivity contribution in [1.29, 1.82) is 5.26 Å². The number of aliphatic imine (C=N–C) groups is 1. The number of nitriles is 1. The second-order valence-corrected chi connectivity index (χ2v) is 7.42. The number of aliphatic hydroxyl groups excluding tert-OH is 2. The van der Waals surface area contributed by atoms with Crippen LogP contribution < -0.4 is 11.1 Å². The smallest absolute Gasteiger partial charge is 0.353 e. The molecule has 11 nitrogen and oxygen atoms in total. The Kier molecular flexibility index (Phi) is 6.65. The van der Waals surface area contributed by atoms with Crippen LogP contribution in [0.15, 0.2) is 15.6 Å². The maximum Gasteiger partial charge on any atom is 0.353 e. The first-order valence-electron chi connectivity index (χ1n) is 8.41. The minimum Gasteiger partial charge on any atom is -0.477 e. The Balaban J connectivity index is 2.64. The third kappa shape index (κ3) is 3.21. The van der Waals surface area contributed by atoms with Gasteiger partial charge in [-0.2, -0.15) is 5.26 Å². The number of fused-ring (bicyclic) bond motifs is 1. The van der Waals surface area contributed by atoms with Crippen molar-refractivity contribution in [2.75, 3.05) is 18.9 Å². The summed E-state index contributed by atoms with van der Waals surface area (Å²) >= 11 is 0.997. The summed E-state index contributed by atoms with van der Waals surface area (Å²) < 4.78 is 0. The SMILES string of the molecule is CC(O)C1C(=O)N2C(C(=O)O)=C(SCCN=CN)C(CCO)(C(=O)NC#N)C12. The van der Waals surface area contributed by atoms with E-state index in [1.165, 1.54) is 13.1 Å². The van der Waals surface area contributed by atoms with E-state index in [0.29, 0.717) is 0 Å². The highest BCUT2D eigenvalue weighted by Gasteiger charge is 2.70. The molecule has 4 atom stereocenters. The summed E-state index contributed by atoms with van der Waals surface area (Å²) in [7, 11) is 0. The fourth-order valence-corrected chi connectivity index (χ4v) is 5.13. The minimum atomic E-state index is -1.68. The maximum absolute atomic E-state index is 12.9. The van der Waals surface area contributed by atoms with Gasteiger partial charge in [0.2, 0.25) is 11.8 Å². The predicted molar refractivity (Wildman–Crippen MR) is 98.4 cm³/mol. The minimum absolute atomic E-state index is 0.0514. The lowest BCUT2D eigenvalue weighted by molar-refractivity contribution is -0.170. The second kappa shape index (κ2) is 8.59. The lowest BCUT2D eigenvalue weighted by atomic mass is 9.67. The van der Waals surface area contributed by atoms with Crippen LogP contribution in [0.5, 0.6) is 0 Å². The largest absolute Gasteiger partial charge is 0.477 e. The van der Waals surface area contributed by atoms with E-state index in [1.807, 2.05) is 5.32 Å². The number of β-lactam (4-membered cyclic amide) rings is 1. The van der Waals surface area contributed by atoms with Gasteiger partial charge in [0.05, 0.1) is 30.9 Å². The van der Waals surface area contributed by atoms with Crippen LogP contribution in [0.1, 0.15) is 13.3 Å². The van der Waals surface area contributed by atoms with Crippen LogP contribution in [-0.4, -0.2) is 75.4 Å². The number of nitrogens with zero attached hydrogens (tertiary/aromatic N) is 3. The van der Waals surface area contributed by atoms with Crippen LogP contribution in [0, 0.1) is 22.8 Å². The number of carbonyl (C=O) groups is 3. The van der Waals surface area contributed by atoms with E-state index in [-0.39, 0.29) is 29.3 Å². The molecule has 1 saturated heterocycles. The second-order valence-electron chi connectivity index (χ2n) is 6.32. The molecule has 6 N–H and O–H groups in total. The van der Waals surface area contributed by atoms with Crippen LogP contribution in [-0.2, 0) is 14.4 Å². The summed E-state index contributed by atoms with van der Waals surface area (Å²) in [6, 6.07) is -1.02. The van der Waals surface area contributed by atoms with Crippen molar-refractivity contribution in [3.63, 3.8) is 0 Å². The molecule has 0 bridgehead atoms. The third-order valence-corrected chi connectivity index (χ3v) is 6.12. The van der Waals surface area contributed by atoms with E-state index in [1.54, 1.807) is 0 Å². The highest BCUT2D eigenvalue weighted by atomic mass is 32.2. The van der Waals surface area contributed by atoms with E-state index in [0.717, 1.165) is 23.0 Å². The van der Waals surface area contributed by atoms with E-state index in [2.05, 4.69) is 4.99 Å². The standard InChI is InChI=1S/C16H21N5O6S/c1-8(23)9-11-16(2-4-22,15(27)20-7-18)12(28-5-3-19-6-17)10(14(25)26)21(11)13(9)24/h6,8-9,11,22-23H,2-5H2,1H3,(H2,17,19)(H,20,27)(H,25,26). The van der Waals surface area contributed by atoms with Crippen molar-refractivity contribution >= 4 is 35.9 Å². The van der Waals surface area contributed by atoms with Gasteiger partial charge in [-0.05, 0) is 13.3 Å². The topological polar surface area (TPSA) is 189 Å². The first-order chi connectivity index (χ1) is 13.3. The van der Waals surface area contributed by atoms with Crippen LogP contribution in [0.3, 0.4) is 0 Å². The molecular formula is C16H21N5O6S. The molecule has 0 aliphatic carbocycles. The molecule has 0 aromatic rings. The molecule has 12 heteroatoms. The highest BCUT2D eigenvalue weighted by molar-refractivity contribution is 8.03. The molecular weight excluding hydrogens is 390 g/mol. The molecule has 0 spiro atoms. The average Bonchev–Trinajstić information content (AvgIpc) is 2.86. The molecule has 0 radical (unpaired) electrons. The number of nitrogens with one attached hydrogen (secondary N) is 1. The fourth-order valence-electron chi connectivity index (χ4n) is 3.84. The quantitative estimate of drug-likeness (QED) is 0.0727. The Bertz CT molecular complexity index is 776. The third-order valence-electron chi connectivity index (χ3n) is 4.88. The van der Waals surface area contributed by atoms with Gasteiger partial charge in [-0.25, -0.2) is 4.79 Å². The number of hydrogen-bond donors (Lipinski definition) is 5. The Morgan fingerprint density at radius 1 is 1.57 bits per heavy atom. The zero-order valence-corrected chi connectivity index (χ0v) is 15.8. The van der Waals surface area contributed by atoms with Gasteiger partial charge in [-0.1, -0.05) is 0 Å². The Morgan fingerprint density at radius 2 is 2.25 bits per heavy atom. The number of rotatable bonds is 9. The van der Waals surface area contributed by atoms with Crippen LogP contribution in [0.4, 0.5) is 0 Å². The van der Waals surface area contributed by atoms with Gasteiger partial charge in [0, 0.05) is 17.3 Å². The predicted octanol–water partition coefficient (Wildman–Crippen LogP) is -1.81. The summed E-state index contributed by atoms with van der Waals surface area (Å²) in [6.07, 6.45) is 1.23. The van der Waals surface area contributed by atoms with E-state index in [4.69, 9.17) is 11.0 Å². The van der Waals surface area contributed by atoms with Gasteiger partial charge in [-0.3, -0.25) is 24.8 Å². The van der Waals surface area contributed by atoms with Gasteiger partial charge in [0.1, 0.15) is 11.1 Å². The first-order valence-corrected chi connectivity index (χ1v) is 9.40. The molecule has 2 rings (SSSR count). The monoisotopic (exact) mass is 411 g/mol. The molecule has 2 amide bonds. The zero-order valence-electron chi connectivity index (χ0n) is 15.0. The number of hydrogen-bond acceptors (Lipinski definition) is 8. The normalized spacial score (nSPS) is 27.4. The Hall–Kier alpha value is -2.62. The fraction of sp³-hybridized carbons (Fsp3) is 0.562. The molecule has 2 aliphatic heterocycles. The average molecular weight is 411 g/mol. The van der Waals surface area contributed by atoms with E-state index < -0.39 is 47.9 Å². The van der Waals surface area contributed by atoms with Crippen molar-refractivity contribution in [3.05, 3.63) is 10.6 Å². The molecule has 0 saturated carbocycles. The van der Waals surface area contributed by atoms with Gasteiger partial charge >= 0.3 is 5.97 Å². The van der Waals surface area contributed by atoms with Crippen LogP contribution in [0.2, 0.25) is 0 Å². The number of carboxylic acids is 1. The van der Waals surface area contributed by atoms with Crippen LogP contribution >= 0.6 is 11.8 Å². The summed E-state index contributed by atoms with van der Waals surface area (Å²) in [5.74, 6) is -3.67. The summed E-state index contributed by atoms with van der Waals surface area (Å²) in [5.41, 5.74) is 3.13. The van der Waals surface area contributed by atoms with Crippen molar-refractivity contribution in [2.45, 2.75) is 25.5 Å². The van der Waals surface area contributed by atoms with Gasteiger partial charge in [0.15, 0.2) is 6.19 Å². The number of amides is 2. The first kappa shape index (κ1) is 21.7. The van der Waals surface area contributed by atoms with E-state index >= 15 is 0 Å². The molecule has 0 aromatic carbocycles.